The molecule has 1 amide bonds. The summed E-state index contributed by atoms with van der Waals surface area (Å²) in [6.45, 7) is 2.97. The van der Waals surface area contributed by atoms with Crippen LogP contribution in [0.25, 0.3) is 10.8 Å². The highest BCUT2D eigenvalue weighted by atomic mass is 35.5. The van der Waals surface area contributed by atoms with Crippen LogP contribution in [0.4, 0.5) is 5.82 Å². The van der Waals surface area contributed by atoms with Crippen LogP contribution in [0.1, 0.15) is 27.0 Å². The first kappa shape index (κ1) is 22.7. The van der Waals surface area contributed by atoms with Crippen LogP contribution in [-0.2, 0) is 13.2 Å². The SMILES string of the molecule is Cc1cc(OCc2ccc(C(=O)Nc3ccn(Cc4cccc5ccccc45)n3)cc2)ccc1Cl. The zero-order chi connectivity index (χ0) is 24.2. The number of amides is 1. The lowest BCUT2D eigenvalue weighted by atomic mass is 10.0. The predicted molar refractivity (Wildman–Crippen MR) is 140 cm³/mol. The average molecular weight is 482 g/mol. The fourth-order valence-electron chi connectivity index (χ4n) is 3.94. The topological polar surface area (TPSA) is 56.1 Å². The zero-order valence-corrected chi connectivity index (χ0v) is 20.0. The van der Waals surface area contributed by atoms with Gasteiger partial charge in [0.05, 0.1) is 6.54 Å². The van der Waals surface area contributed by atoms with Crippen molar-refractivity contribution in [2.45, 2.75) is 20.1 Å². The Hall–Kier alpha value is -4.09. The Kier molecular flexibility index (Phi) is 6.51. The smallest absolute Gasteiger partial charge is 0.256 e. The normalized spacial score (nSPS) is 10.9. The summed E-state index contributed by atoms with van der Waals surface area (Å²) in [6, 6.07) is 29.3. The number of hydrogen-bond donors (Lipinski definition) is 1. The van der Waals surface area contributed by atoms with E-state index < -0.39 is 0 Å². The summed E-state index contributed by atoms with van der Waals surface area (Å²) in [7, 11) is 0. The molecule has 1 heterocycles. The predicted octanol–water partition coefficient (Wildman–Crippen LogP) is 6.88. The number of benzene rings is 4. The van der Waals surface area contributed by atoms with E-state index in [1.54, 1.807) is 18.2 Å². The second-order valence-electron chi connectivity index (χ2n) is 8.39. The summed E-state index contributed by atoms with van der Waals surface area (Å²) in [6.07, 6.45) is 1.87. The Bertz CT molecular complexity index is 1490. The summed E-state index contributed by atoms with van der Waals surface area (Å²) < 4.78 is 7.66. The molecule has 4 aromatic carbocycles. The number of aryl methyl sites for hydroxylation is 1. The molecule has 0 fully saturated rings. The number of hydrogen-bond acceptors (Lipinski definition) is 3. The van der Waals surface area contributed by atoms with Crippen molar-refractivity contribution in [2.24, 2.45) is 0 Å². The maximum Gasteiger partial charge on any atom is 0.256 e. The number of aromatic nitrogens is 2. The van der Waals surface area contributed by atoms with Gasteiger partial charge in [0.15, 0.2) is 5.82 Å². The molecule has 1 aromatic heterocycles. The highest BCUT2D eigenvalue weighted by Crippen LogP contribution is 2.22. The minimum Gasteiger partial charge on any atom is -0.489 e. The van der Waals surface area contributed by atoms with Crippen LogP contribution in [0.2, 0.25) is 5.02 Å². The molecule has 0 radical (unpaired) electrons. The maximum absolute atomic E-state index is 12.7. The van der Waals surface area contributed by atoms with Crippen molar-refractivity contribution >= 4 is 34.1 Å². The average Bonchev–Trinajstić information content (AvgIpc) is 3.32. The van der Waals surface area contributed by atoms with Gasteiger partial charge in [-0.25, -0.2) is 0 Å². The van der Waals surface area contributed by atoms with Crippen LogP contribution >= 0.6 is 11.6 Å². The number of carbonyl (C=O) groups excluding carboxylic acids is 1. The number of rotatable bonds is 7. The molecule has 0 bridgehead atoms. The van der Waals surface area contributed by atoms with E-state index in [1.165, 1.54) is 16.3 Å². The molecule has 1 N–H and O–H groups in total. The van der Waals surface area contributed by atoms with Crippen molar-refractivity contribution in [3.63, 3.8) is 0 Å². The molecule has 6 heteroatoms. The molecular weight excluding hydrogens is 458 g/mol. The highest BCUT2D eigenvalue weighted by Gasteiger charge is 2.09. The number of ether oxygens (including phenoxy) is 1. The lowest BCUT2D eigenvalue weighted by Crippen LogP contribution is -2.13. The minimum atomic E-state index is -0.207. The van der Waals surface area contributed by atoms with Gasteiger partial charge < -0.3 is 10.1 Å². The van der Waals surface area contributed by atoms with Crippen LogP contribution in [0.15, 0.2) is 97.2 Å². The van der Waals surface area contributed by atoms with Crippen molar-refractivity contribution in [3.8, 4) is 5.75 Å². The summed E-state index contributed by atoms with van der Waals surface area (Å²) >= 11 is 6.06. The number of fused-ring (bicyclic) bond motifs is 1. The van der Waals surface area contributed by atoms with Gasteiger partial charge in [0.1, 0.15) is 12.4 Å². The van der Waals surface area contributed by atoms with Crippen LogP contribution in [-0.4, -0.2) is 15.7 Å². The minimum absolute atomic E-state index is 0.207. The van der Waals surface area contributed by atoms with E-state index in [9.17, 15) is 4.79 Å². The van der Waals surface area contributed by atoms with Gasteiger partial charge in [0.2, 0.25) is 0 Å². The second-order valence-corrected chi connectivity index (χ2v) is 8.79. The number of nitrogens with one attached hydrogen (secondary N) is 1. The number of anilines is 1. The Morgan fingerprint density at radius 1 is 0.971 bits per heavy atom. The molecule has 0 spiro atoms. The first-order valence-electron chi connectivity index (χ1n) is 11.3. The summed E-state index contributed by atoms with van der Waals surface area (Å²) in [4.78, 5) is 12.7. The monoisotopic (exact) mass is 481 g/mol. The van der Waals surface area contributed by atoms with Crippen LogP contribution in [0.5, 0.6) is 5.75 Å². The van der Waals surface area contributed by atoms with E-state index in [0.29, 0.717) is 29.6 Å². The van der Waals surface area contributed by atoms with Crippen molar-refractivity contribution < 1.29 is 9.53 Å². The summed E-state index contributed by atoms with van der Waals surface area (Å²) in [5.41, 5.74) is 3.67. The van der Waals surface area contributed by atoms with Gasteiger partial charge in [-0.2, -0.15) is 5.10 Å². The molecule has 0 saturated heterocycles. The Balaban J connectivity index is 1.19. The Labute approximate surface area is 208 Å². The third kappa shape index (κ3) is 5.36. The molecule has 35 heavy (non-hydrogen) atoms. The van der Waals surface area contributed by atoms with Gasteiger partial charge in [-0.15, -0.1) is 0 Å². The van der Waals surface area contributed by atoms with E-state index in [1.807, 2.05) is 60.3 Å². The fourth-order valence-corrected chi connectivity index (χ4v) is 4.05. The summed E-state index contributed by atoms with van der Waals surface area (Å²) in [5, 5.41) is 10.5. The van der Waals surface area contributed by atoms with E-state index in [-0.39, 0.29) is 5.91 Å². The zero-order valence-electron chi connectivity index (χ0n) is 19.2. The first-order valence-corrected chi connectivity index (χ1v) is 11.7. The van der Waals surface area contributed by atoms with Gasteiger partial charge >= 0.3 is 0 Å². The van der Waals surface area contributed by atoms with Gasteiger partial charge in [0, 0.05) is 22.8 Å². The molecule has 5 aromatic rings. The highest BCUT2D eigenvalue weighted by molar-refractivity contribution is 6.31. The second kappa shape index (κ2) is 10.0. The standard InChI is InChI=1S/C29H24ClN3O2/c1-20-17-25(13-14-27(20)30)35-19-21-9-11-23(12-10-21)29(34)31-28-15-16-33(32-28)18-24-7-4-6-22-5-2-3-8-26(22)24/h2-17H,18-19H2,1H3,(H,31,32,34). The number of carbonyl (C=O) groups is 1. The maximum atomic E-state index is 12.7. The van der Waals surface area contributed by atoms with Crippen molar-refractivity contribution in [1.29, 1.82) is 0 Å². The van der Waals surface area contributed by atoms with E-state index in [2.05, 4.69) is 40.7 Å². The van der Waals surface area contributed by atoms with Crippen molar-refractivity contribution in [2.75, 3.05) is 5.32 Å². The molecule has 5 rings (SSSR count). The van der Waals surface area contributed by atoms with Gasteiger partial charge in [-0.3, -0.25) is 9.48 Å². The quantitative estimate of drug-likeness (QED) is 0.275. The number of halogens is 1. The van der Waals surface area contributed by atoms with Crippen LogP contribution < -0.4 is 10.1 Å². The summed E-state index contributed by atoms with van der Waals surface area (Å²) in [5.74, 6) is 1.06. The van der Waals surface area contributed by atoms with E-state index in [4.69, 9.17) is 16.3 Å². The lowest BCUT2D eigenvalue weighted by Gasteiger charge is -2.09. The molecule has 5 nitrogen and oxygen atoms in total. The van der Waals surface area contributed by atoms with Gasteiger partial charge in [0.25, 0.3) is 5.91 Å². The van der Waals surface area contributed by atoms with Gasteiger partial charge in [-0.1, -0.05) is 66.2 Å². The van der Waals surface area contributed by atoms with E-state index in [0.717, 1.165) is 16.9 Å². The van der Waals surface area contributed by atoms with Crippen molar-refractivity contribution in [3.05, 3.63) is 124 Å². The molecule has 0 aliphatic heterocycles. The van der Waals surface area contributed by atoms with Gasteiger partial charge in [-0.05, 0) is 64.7 Å². The molecular formula is C29H24ClN3O2. The van der Waals surface area contributed by atoms with Crippen LogP contribution in [0, 0.1) is 6.92 Å². The first-order chi connectivity index (χ1) is 17.0. The van der Waals surface area contributed by atoms with E-state index >= 15 is 0 Å². The number of nitrogens with zero attached hydrogens (tertiary/aromatic N) is 2. The largest absolute Gasteiger partial charge is 0.489 e. The Morgan fingerprint density at radius 3 is 2.60 bits per heavy atom. The van der Waals surface area contributed by atoms with Crippen LogP contribution in [0.3, 0.4) is 0 Å². The molecule has 0 aliphatic carbocycles. The Morgan fingerprint density at radius 2 is 1.77 bits per heavy atom. The molecule has 174 valence electrons. The third-order valence-electron chi connectivity index (χ3n) is 5.85. The van der Waals surface area contributed by atoms with Crippen molar-refractivity contribution in [1.82, 2.24) is 9.78 Å². The lowest BCUT2D eigenvalue weighted by molar-refractivity contribution is 0.102. The molecule has 0 unspecified atom stereocenters. The third-order valence-corrected chi connectivity index (χ3v) is 6.27. The fraction of sp³-hybridized carbons (Fsp3) is 0.103. The molecule has 0 atom stereocenters. The molecule has 0 saturated carbocycles. The molecule has 0 aliphatic rings.